The first kappa shape index (κ1) is 20.5. The molecular formula is C21H23N3O4S. The quantitative estimate of drug-likeness (QED) is 0.628. The Hall–Kier alpha value is -3.26. The summed E-state index contributed by atoms with van der Waals surface area (Å²) >= 11 is 5.31. The van der Waals surface area contributed by atoms with Crippen LogP contribution in [0, 0.1) is 0 Å². The maximum absolute atomic E-state index is 13.3. The van der Waals surface area contributed by atoms with E-state index in [1.807, 2.05) is 31.2 Å². The molecule has 8 heteroatoms. The first-order valence-corrected chi connectivity index (χ1v) is 9.33. The highest BCUT2D eigenvalue weighted by molar-refractivity contribution is 7.80. The van der Waals surface area contributed by atoms with E-state index in [0.717, 1.165) is 5.56 Å². The summed E-state index contributed by atoms with van der Waals surface area (Å²) in [5, 5.41) is 9.57. The third-order valence-corrected chi connectivity index (χ3v) is 4.82. The van der Waals surface area contributed by atoms with Crippen LogP contribution in [0.25, 0.3) is 0 Å². The number of benzene rings is 2. The van der Waals surface area contributed by atoms with E-state index >= 15 is 0 Å². The lowest BCUT2D eigenvalue weighted by Crippen LogP contribution is -2.45. The lowest BCUT2D eigenvalue weighted by atomic mass is 9.94. The standard InChI is InChI=1S/C21H23N3O4S/c1-12-18(20(25)23-16-11-15(27-3)8-9-17(16)28-4)19(24-21(29)22-12)13-6-5-7-14(10-13)26-2/h5-11,19H,1-4H3,(H,23,25)(H2,22,24,29). The Morgan fingerprint density at radius 1 is 1.03 bits per heavy atom. The molecule has 1 aliphatic heterocycles. The van der Waals surface area contributed by atoms with Crippen LogP contribution in [0.2, 0.25) is 0 Å². The lowest BCUT2D eigenvalue weighted by molar-refractivity contribution is -0.113. The summed E-state index contributed by atoms with van der Waals surface area (Å²) < 4.78 is 15.9. The second-order valence-corrected chi connectivity index (χ2v) is 6.78. The highest BCUT2D eigenvalue weighted by Gasteiger charge is 2.30. The zero-order chi connectivity index (χ0) is 21.0. The molecule has 7 nitrogen and oxygen atoms in total. The first-order chi connectivity index (χ1) is 14.0. The molecule has 3 N–H and O–H groups in total. The molecule has 3 rings (SSSR count). The number of hydrogen-bond donors (Lipinski definition) is 3. The van der Waals surface area contributed by atoms with Crippen LogP contribution in [0.15, 0.2) is 53.7 Å². The minimum absolute atomic E-state index is 0.288. The topological polar surface area (TPSA) is 80.9 Å². The van der Waals surface area contributed by atoms with E-state index in [-0.39, 0.29) is 5.91 Å². The molecule has 0 spiro atoms. The van der Waals surface area contributed by atoms with Crippen LogP contribution < -0.4 is 30.2 Å². The van der Waals surface area contributed by atoms with Gasteiger partial charge in [-0.2, -0.15) is 0 Å². The van der Waals surface area contributed by atoms with Crippen LogP contribution in [-0.4, -0.2) is 32.3 Å². The van der Waals surface area contributed by atoms with Crippen molar-refractivity contribution in [3.8, 4) is 17.2 Å². The molecule has 0 saturated carbocycles. The predicted molar refractivity (Wildman–Crippen MR) is 115 cm³/mol. The van der Waals surface area contributed by atoms with Gasteiger partial charge in [0.25, 0.3) is 5.91 Å². The van der Waals surface area contributed by atoms with Crippen molar-refractivity contribution in [1.29, 1.82) is 0 Å². The van der Waals surface area contributed by atoms with Crippen molar-refractivity contribution in [2.75, 3.05) is 26.6 Å². The van der Waals surface area contributed by atoms with Gasteiger partial charge in [-0.25, -0.2) is 0 Å². The number of methoxy groups -OCH3 is 3. The minimum atomic E-state index is -0.435. The molecule has 0 aromatic heterocycles. The number of hydrogen-bond acceptors (Lipinski definition) is 5. The second-order valence-electron chi connectivity index (χ2n) is 6.37. The summed E-state index contributed by atoms with van der Waals surface area (Å²) in [5.41, 5.74) is 2.54. The average molecular weight is 413 g/mol. The Bertz CT molecular complexity index is 974. The van der Waals surface area contributed by atoms with Crippen molar-refractivity contribution in [2.24, 2.45) is 0 Å². The number of anilines is 1. The van der Waals surface area contributed by atoms with Gasteiger partial charge in [0, 0.05) is 11.8 Å². The number of allylic oxidation sites excluding steroid dienone is 1. The number of carbonyl (C=O) groups excluding carboxylic acids is 1. The van der Waals surface area contributed by atoms with Crippen molar-refractivity contribution in [2.45, 2.75) is 13.0 Å². The Morgan fingerprint density at radius 3 is 2.45 bits per heavy atom. The summed E-state index contributed by atoms with van der Waals surface area (Å²) in [6.45, 7) is 1.82. The average Bonchev–Trinajstić information content (AvgIpc) is 2.72. The molecule has 29 heavy (non-hydrogen) atoms. The van der Waals surface area contributed by atoms with Gasteiger partial charge in [-0.05, 0) is 49.0 Å². The summed E-state index contributed by atoms with van der Waals surface area (Å²) in [6, 6.07) is 12.3. The highest BCUT2D eigenvalue weighted by atomic mass is 32.1. The summed E-state index contributed by atoms with van der Waals surface area (Å²) in [6.07, 6.45) is 0. The molecule has 0 saturated heterocycles. The summed E-state index contributed by atoms with van der Waals surface area (Å²) in [5.74, 6) is 1.55. The number of thiocarbonyl (C=S) groups is 1. The van der Waals surface area contributed by atoms with E-state index in [2.05, 4.69) is 16.0 Å². The minimum Gasteiger partial charge on any atom is -0.497 e. The molecule has 0 fully saturated rings. The molecule has 0 aliphatic carbocycles. The molecule has 0 bridgehead atoms. The Labute approximate surface area is 175 Å². The molecule has 0 radical (unpaired) electrons. The van der Waals surface area contributed by atoms with E-state index in [0.29, 0.717) is 39.3 Å². The smallest absolute Gasteiger partial charge is 0.255 e. The molecule has 152 valence electrons. The van der Waals surface area contributed by atoms with Crippen molar-refractivity contribution >= 4 is 28.9 Å². The van der Waals surface area contributed by atoms with Crippen molar-refractivity contribution in [3.63, 3.8) is 0 Å². The number of amides is 1. The fourth-order valence-corrected chi connectivity index (χ4v) is 3.44. The van der Waals surface area contributed by atoms with E-state index in [4.69, 9.17) is 26.4 Å². The van der Waals surface area contributed by atoms with Gasteiger partial charge < -0.3 is 30.2 Å². The highest BCUT2D eigenvalue weighted by Crippen LogP contribution is 2.33. The van der Waals surface area contributed by atoms with Gasteiger partial charge in [0.05, 0.1) is 38.6 Å². The largest absolute Gasteiger partial charge is 0.497 e. The van der Waals surface area contributed by atoms with E-state index in [1.165, 1.54) is 0 Å². The van der Waals surface area contributed by atoms with E-state index < -0.39 is 6.04 Å². The number of nitrogens with one attached hydrogen (secondary N) is 3. The van der Waals surface area contributed by atoms with Gasteiger partial charge in [-0.15, -0.1) is 0 Å². The van der Waals surface area contributed by atoms with E-state index in [9.17, 15) is 4.79 Å². The van der Waals surface area contributed by atoms with Gasteiger partial charge in [-0.3, -0.25) is 4.79 Å². The Morgan fingerprint density at radius 2 is 1.76 bits per heavy atom. The number of rotatable bonds is 6. The molecule has 2 aromatic rings. The van der Waals surface area contributed by atoms with E-state index in [1.54, 1.807) is 39.5 Å². The Balaban J connectivity index is 1.98. The van der Waals surface area contributed by atoms with Crippen molar-refractivity contribution in [1.82, 2.24) is 10.6 Å². The molecule has 1 unspecified atom stereocenters. The zero-order valence-electron chi connectivity index (χ0n) is 16.7. The van der Waals surface area contributed by atoms with Crippen LogP contribution in [0.1, 0.15) is 18.5 Å². The van der Waals surface area contributed by atoms with Gasteiger partial charge >= 0.3 is 0 Å². The molecule has 1 heterocycles. The normalized spacial score (nSPS) is 15.9. The summed E-state index contributed by atoms with van der Waals surface area (Å²) in [4.78, 5) is 13.3. The predicted octanol–water partition coefficient (Wildman–Crippen LogP) is 3.14. The Kier molecular flexibility index (Phi) is 6.23. The number of carbonyl (C=O) groups is 1. The van der Waals surface area contributed by atoms with Crippen LogP contribution >= 0.6 is 12.2 Å². The van der Waals surface area contributed by atoms with Crippen LogP contribution in [0.3, 0.4) is 0 Å². The summed E-state index contributed by atoms with van der Waals surface area (Å²) in [7, 11) is 4.71. The van der Waals surface area contributed by atoms with Crippen molar-refractivity contribution in [3.05, 3.63) is 59.3 Å². The zero-order valence-corrected chi connectivity index (χ0v) is 17.5. The maximum Gasteiger partial charge on any atom is 0.255 e. The van der Waals surface area contributed by atoms with Crippen molar-refractivity contribution < 1.29 is 19.0 Å². The van der Waals surface area contributed by atoms with Gasteiger partial charge in [0.15, 0.2) is 5.11 Å². The van der Waals surface area contributed by atoms with Gasteiger partial charge in [-0.1, -0.05) is 12.1 Å². The van der Waals surface area contributed by atoms with Crippen LogP contribution in [-0.2, 0) is 4.79 Å². The lowest BCUT2D eigenvalue weighted by Gasteiger charge is -2.30. The third-order valence-electron chi connectivity index (χ3n) is 4.60. The van der Waals surface area contributed by atoms with Gasteiger partial charge in [0.2, 0.25) is 0 Å². The van der Waals surface area contributed by atoms with Crippen LogP contribution in [0.4, 0.5) is 5.69 Å². The second kappa shape index (κ2) is 8.83. The molecule has 2 aromatic carbocycles. The maximum atomic E-state index is 13.3. The molecule has 1 aliphatic rings. The third kappa shape index (κ3) is 4.43. The fraction of sp³-hybridized carbons (Fsp3) is 0.238. The molecule has 1 amide bonds. The van der Waals surface area contributed by atoms with Crippen LogP contribution in [0.5, 0.6) is 17.2 Å². The van der Waals surface area contributed by atoms with Gasteiger partial charge in [0.1, 0.15) is 17.2 Å². The monoisotopic (exact) mass is 413 g/mol. The fourth-order valence-electron chi connectivity index (χ4n) is 3.17. The first-order valence-electron chi connectivity index (χ1n) is 8.92. The SMILES string of the molecule is COc1cccc(C2NC(=S)NC(C)=C2C(=O)Nc2cc(OC)ccc2OC)c1. The molecular weight excluding hydrogens is 390 g/mol. The number of ether oxygens (including phenoxy) is 3. The molecule has 1 atom stereocenters.